The molecule has 0 aliphatic rings. The second-order valence-corrected chi connectivity index (χ2v) is 6.93. The summed E-state index contributed by atoms with van der Waals surface area (Å²) in [5, 5.41) is 3.07. The molecule has 0 aliphatic heterocycles. The minimum atomic E-state index is -4.74. The van der Waals surface area contributed by atoms with E-state index in [1.54, 1.807) is 25.1 Å². The third-order valence-corrected chi connectivity index (χ3v) is 4.95. The maximum Gasteiger partial charge on any atom is 0.416 e. The first-order valence-corrected chi connectivity index (χ1v) is 9.33. The Balaban J connectivity index is 1.71. The quantitative estimate of drug-likeness (QED) is 0.455. The lowest BCUT2D eigenvalue weighted by atomic mass is 10.0. The first-order chi connectivity index (χ1) is 14.6. The number of rotatable bonds is 6. The van der Waals surface area contributed by atoms with E-state index in [-0.39, 0.29) is 18.4 Å². The van der Waals surface area contributed by atoms with Crippen molar-refractivity contribution in [1.29, 1.82) is 0 Å². The number of carbonyl (C=O) groups is 1. The SMILES string of the molecule is COc1ccc2c(C)c(CCC(=O)NCc3ccc(F)cc3C(F)(F)F)c(=O)oc2c1. The number of amides is 1. The number of nitrogens with one attached hydrogen (secondary N) is 1. The van der Waals surface area contributed by atoms with Crippen LogP contribution in [0.15, 0.2) is 45.6 Å². The summed E-state index contributed by atoms with van der Waals surface area (Å²) in [5.41, 5.74) is -0.674. The summed E-state index contributed by atoms with van der Waals surface area (Å²) in [5.74, 6) is -1.04. The largest absolute Gasteiger partial charge is 0.497 e. The monoisotopic (exact) mass is 437 g/mol. The third kappa shape index (κ3) is 5.04. The van der Waals surface area contributed by atoms with Crippen molar-refractivity contribution < 1.29 is 31.5 Å². The topological polar surface area (TPSA) is 68.5 Å². The molecule has 1 amide bonds. The molecule has 3 aromatic rings. The van der Waals surface area contributed by atoms with Crippen LogP contribution in [0.2, 0.25) is 0 Å². The molecule has 1 aromatic heterocycles. The van der Waals surface area contributed by atoms with E-state index in [1.165, 1.54) is 7.11 Å². The molecule has 31 heavy (non-hydrogen) atoms. The Morgan fingerprint density at radius 1 is 1.16 bits per heavy atom. The molecule has 0 fully saturated rings. The second kappa shape index (κ2) is 8.79. The molecule has 5 nitrogen and oxygen atoms in total. The summed E-state index contributed by atoms with van der Waals surface area (Å²) in [6, 6.07) is 7.31. The zero-order valence-electron chi connectivity index (χ0n) is 16.7. The van der Waals surface area contributed by atoms with Crippen molar-refractivity contribution in [3.05, 3.63) is 74.9 Å². The van der Waals surface area contributed by atoms with Crippen LogP contribution >= 0.6 is 0 Å². The van der Waals surface area contributed by atoms with Crippen molar-refractivity contribution in [2.24, 2.45) is 0 Å². The standard InChI is InChI=1S/C22H19F4NO4/c1-12-16-6-5-15(30-2)10-19(16)31-21(29)17(12)7-8-20(28)27-11-13-3-4-14(23)9-18(13)22(24,25)26/h3-6,9-10H,7-8,11H2,1-2H3,(H,27,28). The summed E-state index contributed by atoms with van der Waals surface area (Å²) in [6.45, 7) is 1.31. The fourth-order valence-corrected chi connectivity index (χ4v) is 3.28. The van der Waals surface area contributed by atoms with E-state index in [1.807, 2.05) is 0 Å². The molecule has 0 atom stereocenters. The first-order valence-electron chi connectivity index (χ1n) is 9.33. The van der Waals surface area contributed by atoms with Crippen LogP contribution in [-0.2, 0) is 23.9 Å². The number of carbonyl (C=O) groups excluding carboxylic acids is 1. The molecule has 1 heterocycles. The number of ether oxygens (including phenoxy) is 1. The van der Waals surface area contributed by atoms with E-state index >= 15 is 0 Å². The van der Waals surface area contributed by atoms with E-state index in [0.717, 1.165) is 12.1 Å². The van der Waals surface area contributed by atoms with Gasteiger partial charge in [-0.05, 0) is 48.7 Å². The van der Waals surface area contributed by atoms with Crippen molar-refractivity contribution in [1.82, 2.24) is 5.32 Å². The number of fused-ring (bicyclic) bond motifs is 1. The maximum atomic E-state index is 13.2. The summed E-state index contributed by atoms with van der Waals surface area (Å²) in [7, 11) is 1.49. The lowest BCUT2D eigenvalue weighted by Gasteiger charge is -2.14. The molecular formula is C22H19F4NO4. The van der Waals surface area contributed by atoms with Gasteiger partial charge in [0, 0.05) is 30.0 Å². The number of methoxy groups -OCH3 is 1. The van der Waals surface area contributed by atoms with Gasteiger partial charge in [-0.25, -0.2) is 9.18 Å². The molecule has 2 aromatic carbocycles. The first kappa shape index (κ1) is 22.3. The van der Waals surface area contributed by atoms with Crippen LogP contribution in [0.5, 0.6) is 5.75 Å². The summed E-state index contributed by atoms with van der Waals surface area (Å²) in [6.07, 6.45) is -4.82. The number of alkyl halides is 3. The Morgan fingerprint density at radius 2 is 1.90 bits per heavy atom. The fourth-order valence-electron chi connectivity index (χ4n) is 3.28. The highest BCUT2D eigenvalue weighted by Crippen LogP contribution is 2.32. The van der Waals surface area contributed by atoms with Crippen molar-refractivity contribution in [2.75, 3.05) is 7.11 Å². The van der Waals surface area contributed by atoms with Gasteiger partial charge in [-0.3, -0.25) is 4.79 Å². The number of hydrogen-bond donors (Lipinski definition) is 1. The highest BCUT2D eigenvalue weighted by atomic mass is 19.4. The Kier molecular flexibility index (Phi) is 6.33. The summed E-state index contributed by atoms with van der Waals surface area (Å²) >= 11 is 0. The van der Waals surface area contributed by atoms with Gasteiger partial charge in [0.25, 0.3) is 0 Å². The lowest BCUT2D eigenvalue weighted by molar-refractivity contribution is -0.138. The smallest absolute Gasteiger partial charge is 0.416 e. The molecule has 1 N–H and O–H groups in total. The van der Waals surface area contributed by atoms with Crippen LogP contribution in [0.4, 0.5) is 17.6 Å². The number of aryl methyl sites for hydroxylation is 1. The molecule has 0 unspecified atom stereocenters. The summed E-state index contributed by atoms with van der Waals surface area (Å²) < 4.78 is 62.8. The van der Waals surface area contributed by atoms with Gasteiger partial charge >= 0.3 is 11.8 Å². The van der Waals surface area contributed by atoms with Crippen LogP contribution in [0.1, 0.15) is 28.7 Å². The molecule has 0 bridgehead atoms. The normalized spacial score (nSPS) is 11.5. The van der Waals surface area contributed by atoms with Crippen molar-refractivity contribution in [2.45, 2.75) is 32.5 Å². The molecule has 9 heteroatoms. The molecule has 164 valence electrons. The van der Waals surface area contributed by atoms with Crippen molar-refractivity contribution in [3.63, 3.8) is 0 Å². The minimum Gasteiger partial charge on any atom is -0.497 e. The fraction of sp³-hybridized carbons (Fsp3) is 0.273. The van der Waals surface area contributed by atoms with Gasteiger partial charge in [-0.1, -0.05) is 6.07 Å². The van der Waals surface area contributed by atoms with Gasteiger partial charge in [0.2, 0.25) is 5.91 Å². The van der Waals surface area contributed by atoms with Crippen LogP contribution in [0.25, 0.3) is 11.0 Å². The predicted octanol–water partition coefficient (Wildman–Crippen LogP) is 4.52. The third-order valence-electron chi connectivity index (χ3n) is 4.95. The number of benzene rings is 2. The lowest BCUT2D eigenvalue weighted by Crippen LogP contribution is -2.25. The molecule has 0 saturated heterocycles. The van der Waals surface area contributed by atoms with Crippen molar-refractivity contribution >= 4 is 16.9 Å². The Labute approximate surface area is 174 Å². The Morgan fingerprint density at radius 3 is 2.58 bits per heavy atom. The van der Waals surface area contributed by atoms with Gasteiger partial charge in [0.05, 0.1) is 12.7 Å². The van der Waals surface area contributed by atoms with Gasteiger partial charge in [-0.2, -0.15) is 13.2 Å². The van der Waals surface area contributed by atoms with Gasteiger partial charge in [-0.15, -0.1) is 0 Å². The average Bonchev–Trinajstić information content (AvgIpc) is 2.71. The molecule has 0 radical (unpaired) electrons. The highest BCUT2D eigenvalue weighted by molar-refractivity contribution is 5.82. The van der Waals surface area contributed by atoms with Gasteiger partial charge in [0.1, 0.15) is 17.1 Å². The Hall–Kier alpha value is -3.36. The van der Waals surface area contributed by atoms with Gasteiger partial charge < -0.3 is 14.5 Å². The van der Waals surface area contributed by atoms with E-state index < -0.39 is 35.6 Å². The number of hydrogen-bond acceptors (Lipinski definition) is 4. The second-order valence-electron chi connectivity index (χ2n) is 6.93. The zero-order chi connectivity index (χ0) is 22.8. The van der Waals surface area contributed by atoms with E-state index in [4.69, 9.17) is 9.15 Å². The van der Waals surface area contributed by atoms with Crippen LogP contribution < -0.4 is 15.7 Å². The van der Waals surface area contributed by atoms with E-state index in [9.17, 15) is 27.2 Å². The highest BCUT2D eigenvalue weighted by Gasteiger charge is 2.33. The van der Waals surface area contributed by atoms with Crippen LogP contribution in [0.3, 0.4) is 0 Å². The molecule has 0 saturated carbocycles. The van der Waals surface area contributed by atoms with Crippen molar-refractivity contribution in [3.8, 4) is 5.75 Å². The van der Waals surface area contributed by atoms with Gasteiger partial charge in [0.15, 0.2) is 0 Å². The molecular weight excluding hydrogens is 418 g/mol. The average molecular weight is 437 g/mol. The summed E-state index contributed by atoms with van der Waals surface area (Å²) in [4.78, 5) is 24.5. The number of halogens is 4. The van der Waals surface area contributed by atoms with E-state index in [0.29, 0.717) is 33.9 Å². The molecule has 3 rings (SSSR count). The Bertz CT molecular complexity index is 1180. The van der Waals surface area contributed by atoms with Crippen LogP contribution in [-0.4, -0.2) is 13.0 Å². The predicted molar refractivity (Wildman–Crippen MR) is 105 cm³/mol. The minimum absolute atomic E-state index is 0.0531. The molecule has 0 aliphatic carbocycles. The van der Waals surface area contributed by atoms with E-state index in [2.05, 4.69) is 5.32 Å². The molecule has 0 spiro atoms. The maximum absolute atomic E-state index is 13.2. The van der Waals surface area contributed by atoms with Crippen LogP contribution in [0, 0.1) is 12.7 Å². The zero-order valence-corrected chi connectivity index (χ0v) is 16.7.